The minimum Gasteiger partial charge on any atom is -0.467 e. The standard InChI is InChI=1S/C16H25N3O5/c1-16(2,3)24-15(22)18-8-7-17-11(12(18)13(20)23-4)9-19(14(17)21)10-5-6-10/h10-12H,5-9H2,1-4H3. The number of rotatable bonds is 2. The number of fused-ring (bicyclic) bond motifs is 1. The monoisotopic (exact) mass is 339 g/mol. The first kappa shape index (κ1) is 16.9. The summed E-state index contributed by atoms with van der Waals surface area (Å²) >= 11 is 0. The Hall–Kier alpha value is -1.99. The Morgan fingerprint density at radius 3 is 2.33 bits per heavy atom. The number of carbonyl (C=O) groups excluding carboxylic acids is 3. The van der Waals surface area contributed by atoms with Crippen molar-refractivity contribution in [3.8, 4) is 0 Å². The molecule has 8 heteroatoms. The maximum absolute atomic E-state index is 12.5. The Balaban J connectivity index is 1.83. The first-order chi connectivity index (χ1) is 11.2. The zero-order chi connectivity index (χ0) is 17.6. The molecule has 24 heavy (non-hydrogen) atoms. The van der Waals surface area contributed by atoms with Crippen molar-refractivity contribution in [1.29, 1.82) is 0 Å². The maximum Gasteiger partial charge on any atom is 0.411 e. The molecule has 1 saturated carbocycles. The largest absolute Gasteiger partial charge is 0.467 e. The van der Waals surface area contributed by atoms with Gasteiger partial charge in [-0.25, -0.2) is 14.4 Å². The molecule has 2 aliphatic heterocycles. The van der Waals surface area contributed by atoms with Crippen molar-refractivity contribution in [2.75, 3.05) is 26.7 Å². The quantitative estimate of drug-likeness (QED) is 0.703. The zero-order valence-corrected chi connectivity index (χ0v) is 14.7. The van der Waals surface area contributed by atoms with E-state index in [1.165, 1.54) is 12.0 Å². The Bertz CT molecular complexity index is 554. The Morgan fingerprint density at radius 1 is 1.12 bits per heavy atom. The molecule has 2 unspecified atom stereocenters. The van der Waals surface area contributed by atoms with Gasteiger partial charge in [-0.2, -0.15) is 0 Å². The van der Waals surface area contributed by atoms with Crippen LogP contribution in [0.5, 0.6) is 0 Å². The predicted octanol–water partition coefficient (Wildman–Crippen LogP) is 1.05. The highest BCUT2D eigenvalue weighted by molar-refractivity contribution is 5.86. The molecule has 0 aromatic carbocycles. The Morgan fingerprint density at radius 2 is 1.79 bits per heavy atom. The molecule has 3 fully saturated rings. The van der Waals surface area contributed by atoms with Crippen molar-refractivity contribution in [3.63, 3.8) is 0 Å². The summed E-state index contributed by atoms with van der Waals surface area (Å²) in [5.41, 5.74) is -0.652. The Labute approximate surface area is 141 Å². The number of nitrogens with zero attached hydrogens (tertiary/aromatic N) is 3. The van der Waals surface area contributed by atoms with E-state index in [0.717, 1.165) is 12.8 Å². The lowest BCUT2D eigenvalue weighted by atomic mass is 10.0. The van der Waals surface area contributed by atoms with Gasteiger partial charge in [-0.05, 0) is 33.6 Å². The summed E-state index contributed by atoms with van der Waals surface area (Å²) in [6.07, 6.45) is 1.46. The van der Waals surface area contributed by atoms with Crippen LogP contribution in [0, 0.1) is 0 Å². The third-order valence-corrected chi connectivity index (χ3v) is 4.62. The van der Waals surface area contributed by atoms with Gasteiger partial charge in [0.2, 0.25) is 0 Å². The number of ether oxygens (including phenoxy) is 2. The highest BCUT2D eigenvalue weighted by Crippen LogP contribution is 2.35. The molecule has 2 saturated heterocycles. The molecule has 8 nitrogen and oxygen atoms in total. The lowest BCUT2D eigenvalue weighted by Gasteiger charge is -2.42. The van der Waals surface area contributed by atoms with Crippen LogP contribution in [0.3, 0.4) is 0 Å². The highest BCUT2D eigenvalue weighted by Gasteiger charge is 2.54. The SMILES string of the molecule is COC(=O)C1C2CN(C3CC3)C(=O)N2CCN1C(=O)OC(C)(C)C. The summed E-state index contributed by atoms with van der Waals surface area (Å²) < 4.78 is 10.3. The van der Waals surface area contributed by atoms with E-state index in [4.69, 9.17) is 9.47 Å². The van der Waals surface area contributed by atoms with E-state index in [2.05, 4.69) is 0 Å². The number of methoxy groups -OCH3 is 1. The Kier molecular flexibility index (Phi) is 4.09. The summed E-state index contributed by atoms with van der Waals surface area (Å²) in [4.78, 5) is 42.3. The number of carbonyl (C=O) groups is 3. The number of hydrogen-bond donors (Lipinski definition) is 0. The smallest absolute Gasteiger partial charge is 0.411 e. The van der Waals surface area contributed by atoms with Crippen molar-refractivity contribution >= 4 is 18.1 Å². The fourth-order valence-electron chi connectivity index (χ4n) is 3.40. The van der Waals surface area contributed by atoms with E-state index >= 15 is 0 Å². The molecule has 2 atom stereocenters. The second-order valence-corrected chi connectivity index (χ2v) is 7.57. The van der Waals surface area contributed by atoms with Gasteiger partial charge in [0.05, 0.1) is 13.2 Å². The molecule has 0 spiro atoms. The van der Waals surface area contributed by atoms with Gasteiger partial charge in [-0.3, -0.25) is 4.90 Å². The predicted molar refractivity (Wildman–Crippen MR) is 84.4 cm³/mol. The highest BCUT2D eigenvalue weighted by atomic mass is 16.6. The molecular formula is C16H25N3O5. The van der Waals surface area contributed by atoms with Crippen LogP contribution in [0.25, 0.3) is 0 Å². The number of urea groups is 1. The third-order valence-electron chi connectivity index (χ3n) is 4.62. The van der Waals surface area contributed by atoms with Crippen molar-refractivity contribution in [1.82, 2.24) is 14.7 Å². The van der Waals surface area contributed by atoms with Crippen LogP contribution >= 0.6 is 0 Å². The first-order valence-corrected chi connectivity index (χ1v) is 8.37. The molecule has 3 amide bonds. The van der Waals surface area contributed by atoms with Crippen molar-refractivity contribution in [2.45, 2.75) is 57.3 Å². The molecule has 134 valence electrons. The number of esters is 1. The van der Waals surface area contributed by atoms with Crippen LogP contribution in [0.1, 0.15) is 33.6 Å². The summed E-state index contributed by atoms with van der Waals surface area (Å²) in [7, 11) is 1.30. The molecular weight excluding hydrogens is 314 g/mol. The van der Waals surface area contributed by atoms with Crippen LogP contribution in [0.15, 0.2) is 0 Å². The van der Waals surface area contributed by atoms with Gasteiger partial charge in [0, 0.05) is 25.7 Å². The van der Waals surface area contributed by atoms with Gasteiger partial charge in [-0.1, -0.05) is 0 Å². The summed E-state index contributed by atoms with van der Waals surface area (Å²) in [6.45, 7) is 6.45. The molecule has 0 N–H and O–H groups in total. The van der Waals surface area contributed by atoms with Crippen LogP contribution < -0.4 is 0 Å². The van der Waals surface area contributed by atoms with E-state index in [-0.39, 0.29) is 24.7 Å². The second-order valence-electron chi connectivity index (χ2n) is 7.57. The van der Waals surface area contributed by atoms with E-state index in [9.17, 15) is 14.4 Å². The van der Waals surface area contributed by atoms with Crippen LogP contribution in [0.2, 0.25) is 0 Å². The fraction of sp³-hybridized carbons (Fsp3) is 0.812. The summed E-state index contributed by atoms with van der Waals surface area (Å²) in [5.74, 6) is -0.513. The number of piperazine rings is 1. The average molecular weight is 339 g/mol. The molecule has 0 aromatic heterocycles. The fourth-order valence-corrected chi connectivity index (χ4v) is 3.40. The molecule has 3 aliphatic rings. The topological polar surface area (TPSA) is 79.4 Å². The molecule has 0 radical (unpaired) electrons. The van der Waals surface area contributed by atoms with Gasteiger partial charge in [0.15, 0.2) is 6.04 Å². The van der Waals surface area contributed by atoms with Gasteiger partial charge in [0.25, 0.3) is 0 Å². The maximum atomic E-state index is 12.5. The molecule has 1 aliphatic carbocycles. The van der Waals surface area contributed by atoms with Gasteiger partial charge >= 0.3 is 18.1 Å². The zero-order valence-electron chi connectivity index (χ0n) is 14.7. The van der Waals surface area contributed by atoms with Crippen molar-refractivity contribution in [2.24, 2.45) is 0 Å². The first-order valence-electron chi connectivity index (χ1n) is 8.37. The lowest BCUT2D eigenvalue weighted by Crippen LogP contribution is -2.63. The molecule has 3 rings (SSSR count). The van der Waals surface area contributed by atoms with Crippen LogP contribution in [-0.4, -0.2) is 83.3 Å². The van der Waals surface area contributed by atoms with E-state index < -0.39 is 23.7 Å². The lowest BCUT2D eigenvalue weighted by molar-refractivity contribution is -0.150. The minimum absolute atomic E-state index is 0.0414. The van der Waals surface area contributed by atoms with E-state index in [0.29, 0.717) is 13.1 Å². The summed E-state index contributed by atoms with van der Waals surface area (Å²) in [6, 6.07) is -0.977. The van der Waals surface area contributed by atoms with Crippen molar-refractivity contribution < 1.29 is 23.9 Å². The van der Waals surface area contributed by atoms with Crippen molar-refractivity contribution in [3.05, 3.63) is 0 Å². The second kappa shape index (κ2) is 5.82. The normalized spacial score (nSPS) is 27.2. The summed E-state index contributed by atoms with van der Waals surface area (Å²) in [5, 5.41) is 0. The van der Waals surface area contributed by atoms with E-state index in [1.54, 1.807) is 25.7 Å². The number of amides is 3. The molecule has 0 bridgehead atoms. The van der Waals surface area contributed by atoms with Crippen LogP contribution in [-0.2, 0) is 14.3 Å². The third kappa shape index (κ3) is 3.01. The van der Waals surface area contributed by atoms with E-state index in [1.807, 2.05) is 4.90 Å². The molecule has 0 aromatic rings. The van der Waals surface area contributed by atoms with Gasteiger partial charge < -0.3 is 19.3 Å². The van der Waals surface area contributed by atoms with Gasteiger partial charge in [-0.15, -0.1) is 0 Å². The number of hydrogen-bond acceptors (Lipinski definition) is 5. The van der Waals surface area contributed by atoms with Gasteiger partial charge in [0.1, 0.15) is 5.60 Å². The molecule has 2 heterocycles. The minimum atomic E-state index is -0.828. The average Bonchev–Trinajstić information content (AvgIpc) is 3.28. The van der Waals surface area contributed by atoms with Crippen LogP contribution in [0.4, 0.5) is 9.59 Å².